The molecule has 2 atom stereocenters. The molecule has 0 amide bonds. The third kappa shape index (κ3) is 6.84. The summed E-state index contributed by atoms with van der Waals surface area (Å²) in [6.45, 7) is 9.31. The minimum Gasteiger partial charge on any atom is -0.497 e. The zero-order chi connectivity index (χ0) is 16.0. The summed E-state index contributed by atoms with van der Waals surface area (Å²) in [6, 6.07) is 6.68. The molecule has 1 aromatic rings. The van der Waals surface area contributed by atoms with E-state index in [9.17, 15) is 0 Å². The van der Waals surface area contributed by atoms with Crippen molar-refractivity contribution in [3.63, 3.8) is 0 Å². The van der Waals surface area contributed by atoms with E-state index in [1.807, 2.05) is 6.07 Å². The standard InChI is InChI=1S/C18H30BrNO/c1-13(12-18(2,3)4)9-15(20-5)10-14-11-16(21-6)7-8-17(14)19/h7-8,11,13,15,20H,9-10,12H2,1-6H3. The van der Waals surface area contributed by atoms with E-state index in [1.54, 1.807) is 7.11 Å². The molecule has 0 radical (unpaired) electrons. The van der Waals surface area contributed by atoms with Gasteiger partial charge in [-0.15, -0.1) is 0 Å². The summed E-state index contributed by atoms with van der Waals surface area (Å²) in [5.74, 6) is 1.64. The van der Waals surface area contributed by atoms with E-state index >= 15 is 0 Å². The molecule has 1 aromatic carbocycles. The third-order valence-corrected chi connectivity index (χ3v) is 4.55. The van der Waals surface area contributed by atoms with Crippen LogP contribution in [0.1, 0.15) is 46.1 Å². The van der Waals surface area contributed by atoms with Crippen molar-refractivity contribution < 1.29 is 4.74 Å². The first-order valence-electron chi connectivity index (χ1n) is 7.75. The predicted octanol–water partition coefficient (Wildman–Crippen LogP) is 5.05. The Bertz CT molecular complexity index is 439. The van der Waals surface area contributed by atoms with Crippen LogP contribution in [0, 0.1) is 11.3 Å². The highest BCUT2D eigenvalue weighted by Gasteiger charge is 2.19. The van der Waals surface area contributed by atoms with Gasteiger partial charge in [-0.05, 0) is 61.4 Å². The Balaban J connectivity index is 2.69. The van der Waals surface area contributed by atoms with Crippen LogP contribution in [0.15, 0.2) is 22.7 Å². The average Bonchev–Trinajstić information content (AvgIpc) is 2.38. The van der Waals surface area contributed by atoms with Crippen molar-refractivity contribution in [3.05, 3.63) is 28.2 Å². The fraction of sp³-hybridized carbons (Fsp3) is 0.667. The number of methoxy groups -OCH3 is 1. The summed E-state index contributed by atoms with van der Waals surface area (Å²) in [5.41, 5.74) is 1.70. The van der Waals surface area contributed by atoms with Crippen LogP contribution in [-0.2, 0) is 6.42 Å². The van der Waals surface area contributed by atoms with Gasteiger partial charge in [-0.1, -0.05) is 43.6 Å². The zero-order valence-electron chi connectivity index (χ0n) is 14.3. The molecule has 3 heteroatoms. The molecular weight excluding hydrogens is 326 g/mol. The summed E-state index contributed by atoms with van der Waals surface area (Å²) in [5, 5.41) is 3.47. The Labute approximate surface area is 138 Å². The van der Waals surface area contributed by atoms with Crippen LogP contribution in [0.2, 0.25) is 0 Å². The second kappa shape index (κ2) is 8.19. The number of nitrogens with one attached hydrogen (secondary N) is 1. The molecule has 0 saturated heterocycles. The van der Waals surface area contributed by atoms with Crippen LogP contribution in [0.5, 0.6) is 5.75 Å². The van der Waals surface area contributed by atoms with E-state index in [-0.39, 0.29) is 0 Å². The van der Waals surface area contributed by atoms with Gasteiger partial charge in [0.05, 0.1) is 7.11 Å². The molecule has 0 heterocycles. The minimum atomic E-state index is 0.397. The molecule has 0 saturated carbocycles. The highest BCUT2D eigenvalue weighted by molar-refractivity contribution is 9.10. The lowest BCUT2D eigenvalue weighted by Crippen LogP contribution is -2.30. The fourth-order valence-electron chi connectivity index (χ4n) is 3.02. The highest BCUT2D eigenvalue weighted by atomic mass is 79.9. The number of benzene rings is 1. The molecule has 120 valence electrons. The average molecular weight is 356 g/mol. The van der Waals surface area contributed by atoms with Crippen LogP contribution in [0.3, 0.4) is 0 Å². The quantitative estimate of drug-likeness (QED) is 0.738. The van der Waals surface area contributed by atoms with Crippen molar-refractivity contribution in [2.24, 2.45) is 11.3 Å². The fourth-order valence-corrected chi connectivity index (χ4v) is 3.43. The number of hydrogen-bond acceptors (Lipinski definition) is 2. The lowest BCUT2D eigenvalue weighted by atomic mass is 9.82. The molecule has 0 aliphatic heterocycles. The van der Waals surface area contributed by atoms with Gasteiger partial charge in [0.2, 0.25) is 0 Å². The van der Waals surface area contributed by atoms with Gasteiger partial charge in [0.25, 0.3) is 0 Å². The van der Waals surface area contributed by atoms with Gasteiger partial charge in [-0.3, -0.25) is 0 Å². The van der Waals surface area contributed by atoms with Crippen molar-refractivity contribution >= 4 is 15.9 Å². The van der Waals surface area contributed by atoms with Gasteiger partial charge in [-0.25, -0.2) is 0 Å². The zero-order valence-corrected chi connectivity index (χ0v) is 15.9. The third-order valence-electron chi connectivity index (χ3n) is 3.78. The van der Waals surface area contributed by atoms with E-state index in [0.717, 1.165) is 16.6 Å². The van der Waals surface area contributed by atoms with Crippen LogP contribution in [0.25, 0.3) is 0 Å². The van der Waals surface area contributed by atoms with Crippen LogP contribution < -0.4 is 10.1 Å². The largest absolute Gasteiger partial charge is 0.497 e. The van der Waals surface area contributed by atoms with E-state index < -0.39 is 0 Å². The Morgan fingerprint density at radius 1 is 1.29 bits per heavy atom. The van der Waals surface area contributed by atoms with E-state index in [1.165, 1.54) is 18.4 Å². The SMILES string of the molecule is CNC(Cc1cc(OC)ccc1Br)CC(C)CC(C)(C)C. The van der Waals surface area contributed by atoms with E-state index in [2.05, 4.69) is 68.1 Å². The maximum Gasteiger partial charge on any atom is 0.119 e. The van der Waals surface area contributed by atoms with E-state index in [0.29, 0.717) is 17.4 Å². The molecular formula is C18H30BrNO. The Kier molecular flexibility index (Phi) is 7.22. The first-order chi connectivity index (χ1) is 9.75. The highest BCUT2D eigenvalue weighted by Crippen LogP contribution is 2.29. The Morgan fingerprint density at radius 2 is 1.95 bits per heavy atom. The van der Waals surface area contributed by atoms with Gasteiger partial charge < -0.3 is 10.1 Å². The number of likely N-dealkylation sites (N-methyl/N-ethyl adjacent to an activating group) is 1. The van der Waals surface area contributed by atoms with Crippen molar-refractivity contribution in [1.29, 1.82) is 0 Å². The lowest BCUT2D eigenvalue weighted by Gasteiger charge is -2.27. The Morgan fingerprint density at radius 3 is 2.48 bits per heavy atom. The summed E-state index contributed by atoms with van der Waals surface area (Å²) >= 11 is 3.65. The molecule has 1 N–H and O–H groups in total. The first kappa shape index (κ1) is 18.5. The predicted molar refractivity (Wildman–Crippen MR) is 95.1 cm³/mol. The maximum atomic E-state index is 5.33. The number of halogens is 1. The molecule has 0 bridgehead atoms. The monoisotopic (exact) mass is 355 g/mol. The van der Waals surface area contributed by atoms with Crippen molar-refractivity contribution in [1.82, 2.24) is 5.32 Å². The van der Waals surface area contributed by atoms with Crippen molar-refractivity contribution in [3.8, 4) is 5.75 Å². The van der Waals surface area contributed by atoms with Gasteiger partial charge in [-0.2, -0.15) is 0 Å². The topological polar surface area (TPSA) is 21.3 Å². The van der Waals surface area contributed by atoms with E-state index in [4.69, 9.17) is 4.74 Å². The molecule has 0 aliphatic rings. The van der Waals surface area contributed by atoms with Gasteiger partial charge >= 0.3 is 0 Å². The van der Waals surface area contributed by atoms with Crippen LogP contribution in [-0.4, -0.2) is 20.2 Å². The minimum absolute atomic E-state index is 0.397. The summed E-state index contributed by atoms with van der Waals surface area (Å²) in [7, 11) is 3.77. The van der Waals surface area contributed by atoms with Crippen molar-refractivity contribution in [2.75, 3.05) is 14.2 Å². The van der Waals surface area contributed by atoms with Crippen LogP contribution >= 0.6 is 15.9 Å². The van der Waals surface area contributed by atoms with Gasteiger partial charge in [0, 0.05) is 10.5 Å². The summed E-state index contributed by atoms with van der Waals surface area (Å²) in [6.07, 6.45) is 3.46. The maximum absolute atomic E-state index is 5.33. The summed E-state index contributed by atoms with van der Waals surface area (Å²) in [4.78, 5) is 0. The molecule has 2 nitrogen and oxygen atoms in total. The van der Waals surface area contributed by atoms with Crippen LogP contribution in [0.4, 0.5) is 0 Å². The number of hydrogen-bond donors (Lipinski definition) is 1. The lowest BCUT2D eigenvalue weighted by molar-refractivity contribution is 0.277. The first-order valence-corrected chi connectivity index (χ1v) is 8.54. The second-order valence-corrected chi connectivity index (χ2v) is 8.11. The smallest absolute Gasteiger partial charge is 0.119 e. The molecule has 0 fully saturated rings. The molecule has 0 aliphatic carbocycles. The van der Waals surface area contributed by atoms with Crippen molar-refractivity contribution in [2.45, 2.75) is 53.0 Å². The van der Waals surface area contributed by atoms with Gasteiger partial charge in [0.15, 0.2) is 0 Å². The Hall–Kier alpha value is -0.540. The molecule has 2 unspecified atom stereocenters. The summed E-state index contributed by atoms with van der Waals surface area (Å²) < 4.78 is 6.49. The molecule has 0 aromatic heterocycles. The molecule has 21 heavy (non-hydrogen) atoms. The van der Waals surface area contributed by atoms with Gasteiger partial charge in [0.1, 0.15) is 5.75 Å². The second-order valence-electron chi connectivity index (χ2n) is 7.25. The molecule has 0 spiro atoms. The molecule has 1 rings (SSSR count). The number of rotatable bonds is 7. The number of ether oxygens (including phenoxy) is 1. The normalized spacial score (nSPS) is 14.8.